The van der Waals surface area contributed by atoms with Gasteiger partial charge in [0.15, 0.2) is 5.65 Å². The highest BCUT2D eigenvalue weighted by atomic mass is 16.1. The number of aromatic nitrogens is 3. The van der Waals surface area contributed by atoms with Crippen LogP contribution in [0.1, 0.15) is 16.8 Å². The summed E-state index contributed by atoms with van der Waals surface area (Å²) in [4.78, 5) is 16.0. The average Bonchev–Trinajstić information content (AvgIpc) is 2.42. The van der Waals surface area contributed by atoms with Gasteiger partial charge in [0.25, 0.3) is 5.56 Å². The molecule has 0 saturated heterocycles. The zero-order valence-electron chi connectivity index (χ0n) is 9.09. The second-order valence-corrected chi connectivity index (χ2v) is 3.70. The van der Waals surface area contributed by atoms with Crippen molar-refractivity contribution < 1.29 is 0 Å². The van der Waals surface area contributed by atoms with E-state index in [-0.39, 0.29) is 5.56 Å². The molecule has 80 valence electrons. The van der Waals surface area contributed by atoms with Crippen LogP contribution >= 0.6 is 0 Å². The number of aromatic amines is 1. The van der Waals surface area contributed by atoms with E-state index < -0.39 is 0 Å². The third kappa shape index (κ3) is 1.27. The number of aryl methyl sites for hydroxylation is 3. The minimum Gasteiger partial charge on any atom is -0.326 e. The highest BCUT2D eigenvalue weighted by molar-refractivity contribution is 5.79. The molecule has 2 rings (SSSR count). The van der Waals surface area contributed by atoms with Crippen molar-refractivity contribution >= 4 is 11.0 Å². The van der Waals surface area contributed by atoms with Crippen LogP contribution in [0, 0.1) is 13.8 Å². The van der Waals surface area contributed by atoms with Crippen LogP contribution in [0.4, 0.5) is 0 Å². The molecule has 0 aliphatic heterocycles. The monoisotopic (exact) mass is 206 g/mol. The Morgan fingerprint density at radius 1 is 1.47 bits per heavy atom. The molecule has 3 N–H and O–H groups in total. The van der Waals surface area contributed by atoms with E-state index in [0.717, 1.165) is 16.8 Å². The number of fused-ring (bicyclic) bond motifs is 1. The van der Waals surface area contributed by atoms with E-state index in [1.54, 1.807) is 11.7 Å². The standard InChI is InChI=1S/C10H14N4O/c1-5-7(4-11)6(2)12-9-8(5)10(15)13-14(9)3/h4,11H2,1-3H3,(H,13,15). The largest absolute Gasteiger partial charge is 0.326 e. The second-order valence-electron chi connectivity index (χ2n) is 3.70. The van der Waals surface area contributed by atoms with E-state index in [9.17, 15) is 4.79 Å². The third-order valence-electron chi connectivity index (χ3n) is 2.78. The van der Waals surface area contributed by atoms with E-state index >= 15 is 0 Å². The molecule has 0 atom stereocenters. The number of rotatable bonds is 1. The van der Waals surface area contributed by atoms with Crippen LogP contribution in [0.15, 0.2) is 4.79 Å². The first-order valence-corrected chi connectivity index (χ1v) is 4.81. The predicted molar refractivity (Wildman–Crippen MR) is 58.7 cm³/mol. The number of pyridine rings is 1. The summed E-state index contributed by atoms with van der Waals surface area (Å²) in [5.41, 5.74) is 9.00. The van der Waals surface area contributed by atoms with Gasteiger partial charge in [-0.1, -0.05) is 0 Å². The van der Waals surface area contributed by atoms with Gasteiger partial charge in [-0.05, 0) is 25.0 Å². The molecular weight excluding hydrogens is 192 g/mol. The van der Waals surface area contributed by atoms with Gasteiger partial charge in [-0.2, -0.15) is 0 Å². The van der Waals surface area contributed by atoms with Gasteiger partial charge < -0.3 is 5.73 Å². The SMILES string of the molecule is Cc1nc2c(c(C)c1CN)c(=O)[nH]n2C. The Morgan fingerprint density at radius 2 is 2.13 bits per heavy atom. The van der Waals surface area contributed by atoms with Crippen molar-refractivity contribution in [3.05, 3.63) is 27.2 Å². The highest BCUT2D eigenvalue weighted by Crippen LogP contribution is 2.18. The molecule has 5 heteroatoms. The molecule has 0 aliphatic rings. The lowest BCUT2D eigenvalue weighted by Crippen LogP contribution is -2.07. The van der Waals surface area contributed by atoms with Crippen LogP contribution in [-0.4, -0.2) is 14.8 Å². The number of hydrogen-bond acceptors (Lipinski definition) is 3. The summed E-state index contributed by atoms with van der Waals surface area (Å²) in [6.45, 7) is 4.23. The summed E-state index contributed by atoms with van der Waals surface area (Å²) in [6, 6.07) is 0. The molecule has 0 bridgehead atoms. The molecule has 5 nitrogen and oxygen atoms in total. The molecule has 0 unspecified atom stereocenters. The number of nitrogens with one attached hydrogen (secondary N) is 1. The summed E-state index contributed by atoms with van der Waals surface area (Å²) in [6.07, 6.45) is 0. The normalized spacial score (nSPS) is 11.2. The fourth-order valence-corrected chi connectivity index (χ4v) is 1.95. The van der Waals surface area contributed by atoms with Crippen molar-refractivity contribution in [3.63, 3.8) is 0 Å². The van der Waals surface area contributed by atoms with Crippen LogP contribution in [0.2, 0.25) is 0 Å². The maximum Gasteiger partial charge on any atom is 0.273 e. The third-order valence-corrected chi connectivity index (χ3v) is 2.78. The first-order valence-electron chi connectivity index (χ1n) is 4.81. The molecular formula is C10H14N4O. The summed E-state index contributed by atoms with van der Waals surface area (Å²) in [5.74, 6) is 0. The maximum absolute atomic E-state index is 11.6. The van der Waals surface area contributed by atoms with Gasteiger partial charge >= 0.3 is 0 Å². The van der Waals surface area contributed by atoms with Gasteiger partial charge in [-0.3, -0.25) is 14.6 Å². The summed E-state index contributed by atoms with van der Waals surface area (Å²) in [7, 11) is 1.78. The molecule has 0 fully saturated rings. The Hall–Kier alpha value is -1.62. The van der Waals surface area contributed by atoms with Crippen molar-refractivity contribution in [2.24, 2.45) is 12.8 Å². The summed E-state index contributed by atoms with van der Waals surface area (Å²) in [5, 5.41) is 3.33. The lowest BCUT2D eigenvalue weighted by molar-refractivity contribution is 0.772. The van der Waals surface area contributed by atoms with Gasteiger partial charge in [0.1, 0.15) is 0 Å². The van der Waals surface area contributed by atoms with Gasteiger partial charge in [0.2, 0.25) is 0 Å². The Bertz CT molecular complexity index is 579. The molecule has 0 radical (unpaired) electrons. The number of nitrogens with two attached hydrogens (primary N) is 1. The van der Waals surface area contributed by atoms with Crippen molar-refractivity contribution in [3.8, 4) is 0 Å². The van der Waals surface area contributed by atoms with E-state index in [0.29, 0.717) is 17.6 Å². The molecule has 0 spiro atoms. The van der Waals surface area contributed by atoms with Crippen molar-refractivity contribution in [1.82, 2.24) is 14.8 Å². The van der Waals surface area contributed by atoms with Gasteiger partial charge in [0.05, 0.1) is 5.39 Å². The Balaban J connectivity index is 3.01. The smallest absolute Gasteiger partial charge is 0.273 e. The zero-order valence-corrected chi connectivity index (χ0v) is 9.09. The molecule has 0 saturated carbocycles. The topological polar surface area (TPSA) is 76.7 Å². The molecule has 0 aliphatic carbocycles. The Kier molecular flexibility index (Phi) is 2.12. The molecule has 2 aromatic heterocycles. The summed E-state index contributed by atoms with van der Waals surface area (Å²) < 4.78 is 1.64. The first kappa shape index (κ1) is 9.92. The van der Waals surface area contributed by atoms with E-state index in [1.165, 1.54) is 0 Å². The fourth-order valence-electron chi connectivity index (χ4n) is 1.95. The van der Waals surface area contributed by atoms with E-state index in [4.69, 9.17) is 5.73 Å². The molecule has 2 aromatic rings. The van der Waals surface area contributed by atoms with Gasteiger partial charge in [-0.15, -0.1) is 0 Å². The zero-order chi connectivity index (χ0) is 11.2. The van der Waals surface area contributed by atoms with Crippen molar-refractivity contribution in [2.45, 2.75) is 20.4 Å². The van der Waals surface area contributed by atoms with Crippen LogP contribution in [-0.2, 0) is 13.6 Å². The molecule has 0 amide bonds. The lowest BCUT2D eigenvalue weighted by atomic mass is 10.1. The maximum atomic E-state index is 11.6. The van der Waals surface area contributed by atoms with Crippen LogP contribution in [0.5, 0.6) is 0 Å². The number of hydrogen-bond donors (Lipinski definition) is 2. The summed E-state index contributed by atoms with van der Waals surface area (Å²) >= 11 is 0. The van der Waals surface area contributed by atoms with Crippen molar-refractivity contribution in [1.29, 1.82) is 0 Å². The minimum atomic E-state index is -0.104. The minimum absolute atomic E-state index is 0.104. The predicted octanol–water partition coefficient (Wildman–Crippen LogP) is 0.337. The Morgan fingerprint density at radius 3 is 2.73 bits per heavy atom. The molecule has 2 heterocycles. The average molecular weight is 206 g/mol. The second kappa shape index (κ2) is 3.20. The first-order chi connectivity index (χ1) is 7.06. The number of nitrogens with zero attached hydrogens (tertiary/aromatic N) is 2. The van der Waals surface area contributed by atoms with Crippen LogP contribution in [0.25, 0.3) is 11.0 Å². The molecule has 0 aromatic carbocycles. The van der Waals surface area contributed by atoms with Gasteiger partial charge in [-0.25, -0.2) is 4.98 Å². The number of H-pyrrole nitrogens is 1. The van der Waals surface area contributed by atoms with Crippen LogP contribution < -0.4 is 11.3 Å². The lowest BCUT2D eigenvalue weighted by Gasteiger charge is -2.07. The quantitative estimate of drug-likeness (QED) is 0.706. The Labute approximate surface area is 86.9 Å². The highest BCUT2D eigenvalue weighted by Gasteiger charge is 2.13. The van der Waals surface area contributed by atoms with E-state index in [2.05, 4.69) is 10.1 Å². The van der Waals surface area contributed by atoms with Gasteiger partial charge in [0, 0.05) is 19.3 Å². The van der Waals surface area contributed by atoms with E-state index in [1.807, 2.05) is 13.8 Å². The molecule has 15 heavy (non-hydrogen) atoms. The fraction of sp³-hybridized carbons (Fsp3) is 0.400. The van der Waals surface area contributed by atoms with Crippen LogP contribution in [0.3, 0.4) is 0 Å². The van der Waals surface area contributed by atoms with Crippen molar-refractivity contribution in [2.75, 3.05) is 0 Å².